The van der Waals surface area contributed by atoms with Crippen molar-refractivity contribution >= 4 is 34.9 Å². The Morgan fingerprint density at radius 1 is 1.07 bits per heavy atom. The molecule has 1 aromatic carbocycles. The van der Waals surface area contributed by atoms with Crippen LogP contribution in [-0.4, -0.2) is 6.94 Å². The topological polar surface area (TPSA) is 9.23 Å². The SMILES string of the molecule is Cl[Si]1(Cl)C=CC=C(c2ccccc2)O1. The van der Waals surface area contributed by atoms with Crippen LogP contribution >= 0.6 is 22.2 Å². The molecule has 0 unspecified atom stereocenters. The zero-order chi connectivity index (χ0) is 10.0. The highest BCUT2D eigenvalue weighted by atomic mass is 35.7. The van der Waals surface area contributed by atoms with Crippen molar-refractivity contribution in [2.45, 2.75) is 0 Å². The molecule has 72 valence electrons. The molecule has 0 atom stereocenters. The predicted molar refractivity (Wildman–Crippen MR) is 62.1 cm³/mol. The fraction of sp³-hybridized carbons (Fsp3) is 0. The fourth-order valence-electron chi connectivity index (χ4n) is 1.22. The first kappa shape index (κ1) is 9.84. The van der Waals surface area contributed by atoms with Gasteiger partial charge in [0.25, 0.3) is 0 Å². The molecule has 2 rings (SSSR count). The first-order chi connectivity index (χ1) is 6.67. The van der Waals surface area contributed by atoms with Crippen LogP contribution in [0, 0.1) is 0 Å². The molecule has 0 saturated heterocycles. The Balaban J connectivity index is 2.30. The molecule has 0 spiro atoms. The van der Waals surface area contributed by atoms with Gasteiger partial charge in [-0.1, -0.05) is 58.6 Å². The van der Waals surface area contributed by atoms with Crippen LogP contribution in [0.4, 0.5) is 0 Å². The Bertz CT molecular complexity index is 384. The summed E-state index contributed by atoms with van der Waals surface area (Å²) in [6.45, 7) is -2.64. The average molecular weight is 243 g/mol. The predicted octanol–water partition coefficient (Wildman–Crippen LogP) is 3.57. The van der Waals surface area contributed by atoms with Gasteiger partial charge < -0.3 is 4.43 Å². The summed E-state index contributed by atoms with van der Waals surface area (Å²) in [6, 6.07) is 9.77. The van der Waals surface area contributed by atoms with E-state index in [1.54, 1.807) is 5.70 Å². The maximum atomic E-state index is 5.97. The third kappa shape index (κ3) is 2.21. The molecule has 0 bridgehead atoms. The second kappa shape index (κ2) is 3.81. The zero-order valence-electron chi connectivity index (χ0n) is 7.28. The molecule has 14 heavy (non-hydrogen) atoms. The van der Waals surface area contributed by atoms with Crippen LogP contribution in [0.25, 0.3) is 5.76 Å². The van der Waals surface area contributed by atoms with E-state index >= 15 is 0 Å². The molecule has 0 saturated carbocycles. The van der Waals surface area contributed by atoms with Crippen LogP contribution in [0.1, 0.15) is 5.56 Å². The van der Waals surface area contributed by atoms with Crippen LogP contribution in [0.3, 0.4) is 0 Å². The van der Waals surface area contributed by atoms with Gasteiger partial charge in [0.05, 0.1) is 0 Å². The second-order valence-corrected chi connectivity index (χ2v) is 8.53. The normalized spacial score (nSPS) is 18.6. The second-order valence-electron chi connectivity index (χ2n) is 2.92. The highest BCUT2D eigenvalue weighted by Crippen LogP contribution is 2.30. The van der Waals surface area contributed by atoms with Gasteiger partial charge in [-0.3, -0.25) is 0 Å². The number of allylic oxidation sites excluding steroid dienone is 2. The summed E-state index contributed by atoms with van der Waals surface area (Å²) < 4.78 is 5.50. The molecule has 1 nitrogen and oxygen atoms in total. The van der Waals surface area contributed by atoms with E-state index in [1.807, 2.05) is 42.5 Å². The molecule has 1 aliphatic rings. The van der Waals surface area contributed by atoms with Crippen LogP contribution in [0.5, 0.6) is 0 Å². The van der Waals surface area contributed by atoms with Gasteiger partial charge in [-0.15, -0.1) is 0 Å². The summed E-state index contributed by atoms with van der Waals surface area (Å²) in [5, 5.41) is 0. The minimum atomic E-state index is -2.64. The molecule has 0 fully saturated rings. The molecule has 1 heterocycles. The molecule has 0 N–H and O–H groups in total. The Hall–Kier alpha value is -0.703. The number of benzene rings is 1. The fourth-order valence-corrected chi connectivity index (χ4v) is 3.02. The van der Waals surface area contributed by atoms with Crippen molar-refractivity contribution in [1.29, 1.82) is 0 Å². The van der Waals surface area contributed by atoms with Crippen molar-refractivity contribution in [2.75, 3.05) is 0 Å². The van der Waals surface area contributed by atoms with Crippen LogP contribution in [-0.2, 0) is 4.43 Å². The molecule has 0 aliphatic carbocycles. The summed E-state index contributed by atoms with van der Waals surface area (Å²) in [6.07, 6.45) is 3.71. The van der Waals surface area contributed by atoms with Crippen molar-refractivity contribution in [2.24, 2.45) is 0 Å². The summed E-state index contributed by atoms with van der Waals surface area (Å²) in [5.74, 6) is 0.741. The van der Waals surface area contributed by atoms with Crippen LogP contribution < -0.4 is 0 Å². The summed E-state index contributed by atoms with van der Waals surface area (Å²) >= 11 is 11.9. The van der Waals surface area contributed by atoms with E-state index < -0.39 is 6.94 Å². The van der Waals surface area contributed by atoms with Crippen molar-refractivity contribution < 1.29 is 4.43 Å². The van der Waals surface area contributed by atoms with Crippen molar-refractivity contribution in [1.82, 2.24) is 0 Å². The molecular weight excluding hydrogens is 235 g/mol. The Labute approximate surface area is 93.1 Å². The molecule has 0 aromatic heterocycles. The Kier molecular flexibility index (Phi) is 2.68. The first-order valence-electron chi connectivity index (χ1n) is 4.19. The average Bonchev–Trinajstić information content (AvgIpc) is 2.18. The van der Waals surface area contributed by atoms with Gasteiger partial charge in [-0.2, -0.15) is 0 Å². The standard InChI is InChI=1S/C10H8Cl2OSi/c11-14(12)8-4-7-10(13-14)9-5-2-1-3-6-9/h1-8H. The first-order valence-corrected chi connectivity index (χ1v) is 8.20. The summed E-state index contributed by atoms with van der Waals surface area (Å²) in [5.41, 5.74) is 2.72. The molecular formula is C10H8Cl2OSi. The monoisotopic (exact) mass is 242 g/mol. The van der Waals surface area contributed by atoms with Gasteiger partial charge >= 0.3 is 6.94 Å². The lowest BCUT2D eigenvalue weighted by atomic mass is 10.2. The molecule has 1 aromatic rings. The minimum absolute atomic E-state index is 0.741. The molecule has 4 heteroatoms. The number of halogens is 2. The smallest absolute Gasteiger partial charge is 0.476 e. The van der Waals surface area contributed by atoms with E-state index in [2.05, 4.69) is 0 Å². The maximum Gasteiger partial charge on any atom is 0.476 e. The van der Waals surface area contributed by atoms with E-state index in [9.17, 15) is 0 Å². The third-order valence-corrected chi connectivity index (χ3v) is 4.13. The summed E-state index contributed by atoms with van der Waals surface area (Å²) in [7, 11) is 0. The Morgan fingerprint density at radius 3 is 2.43 bits per heavy atom. The van der Waals surface area contributed by atoms with E-state index in [-0.39, 0.29) is 0 Å². The highest BCUT2D eigenvalue weighted by Gasteiger charge is 2.32. The van der Waals surface area contributed by atoms with Crippen molar-refractivity contribution in [3.63, 3.8) is 0 Å². The van der Waals surface area contributed by atoms with Crippen molar-refractivity contribution in [3.05, 3.63) is 53.7 Å². The van der Waals surface area contributed by atoms with Gasteiger partial charge in [0.15, 0.2) is 0 Å². The number of hydrogen-bond acceptors (Lipinski definition) is 1. The van der Waals surface area contributed by atoms with Gasteiger partial charge in [0.2, 0.25) is 0 Å². The highest BCUT2D eigenvalue weighted by molar-refractivity contribution is 7.44. The largest absolute Gasteiger partial charge is 0.515 e. The van der Waals surface area contributed by atoms with E-state index in [0.29, 0.717) is 0 Å². The van der Waals surface area contributed by atoms with Gasteiger partial charge in [-0.25, -0.2) is 0 Å². The minimum Gasteiger partial charge on any atom is -0.515 e. The van der Waals surface area contributed by atoms with Crippen LogP contribution in [0.2, 0.25) is 0 Å². The number of rotatable bonds is 1. The maximum absolute atomic E-state index is 5.97. The van der Waals surface area contributed by atoms with E-state index in [4.69, 9.17) is 26.6 Å². The zero-order valence-corrected chi connectivity index (χ0v) is 9.79. The Morgan fingerprint density at radius 2 is 1.79 bits per heavy atom. The van der Waals surface area contributed by atoms with Gasteiger partial charge in [0.1, 0.15) is 5.76 Å². The molecule has 1 aliphatic heterocycles. The molecule has 0 amide bonds. The summed E-state index contributed by atoms with van der Waals surface area (Å²) in [4.78, 5) is 0. The van der Waals surface area contributed by atoms with Crippen molar-refractivity contribution in [3.8, 4) is 0 Å². The quantitative estimate of drug-likeness (QED) is 0.541. The van der Waals surface area contributed by atoms with Crippen LogP contribution in [0.15, 0.2) is 48.2 Å². The van der Waals surface area contributed by atoms with Gasteiger partial charge in [-0.05, 0) is 11.8 Å². The lowest BCUT2D eigenvalue weighted by Crippen LogP contribution is -2.22. The van der Waals surface area contributed by atoms with E-state index in [1.165, 1.54) is 0 Å². The lowest BCUT2D eigenvalue weighted by Gasteiger charge is -2.20. The van der Waals surface area contributed by atoms with E-state index in [0.717, 1.165) is 11.3 Å². The third-order valence-electron chi connectivity index (χ3n) is 1.84. The number of hydrogen-bond donors (Lipinski definition) is 0. The molecule has 0 radical (unpaired) electrons. The lowest BCUT2D eigenvalue weighted by molar-refractivity contribution is 0.543. The van der Waals surface area contributed by atoms with Gasteiger partial charge in [0, 0.05) is 5.56 Å².